The summed E-state index contributed by atoms with van der Waals surface area (Å²) in [6, 6.07) is 2.49. The molecule has 3 heteroatoms. The van der Waals surface area contributed by atoms with Crippen molar-refractivity contribution in [2.24, 2.45) is 0 Å². The zero-order valence-electron chi connectivity index (χ0n) is 11.1. The van der Waals surface area contributed by atoms with E-state index in [1.807, 2.05) is 12.3 Å². The van der Waals surface area contributed by atoms with Gasteiger partial charge in [0.1, 0.15) is 0 Å². The number of nitrogen functional groups attached to an aromatic ring is 1. The lowest BCUT2D eigenvalue weighted by atomic mass is 10.0. The number of anilines is 1. The second-order valence-electron chi connectivity index (χ2n) is 4.55. The molecule has 1 atom stereocenters. The molecule has 0 radical (unpaired) electrons. The number of pyridine rings is 1. The molecule has 3 N–H and O–H groups in total. The van der Waals surface area contributed by atoms with Gasteiger partial charge in [0.15, 0.2) is 0 Å². The molecule has 0 bridgehead atoms. The monoisotopic (exact) mass is 235 g/mol. The fourth-order valence-corrected chi connectivity index (χ4v) is 2.02. The van der Waals surface area contributed by atoms with Crippen LogP contribution in [0.1, 0.15) is 45.1 Å². The molecule has 0 fully saturated rings. The van der Waals surface area contributed by atoms with Crippen molar-refractivity contribution < 1.29 is 0 Å². The van der Waals surface area contributed by atoms with E-state index in [1.165, 1.54) is 24.8 Å². The SMILES string of the molecule is CCCNC(CCC)CCc1cnccc1N. The summed E-state index contributed by atoms with van der Waals surface area (Å²) in [5, 5.41) is 3.60. The topological polar surface area (TPSA) is 50.9 Å². The van der Waals surface area contributed by atoms with E-state index in [9.17, 15) is 0 Å². The fourth-order valence-electron chi connectivity index (χ4n) is 2.02. The van der Waals surface area contributed by atoms with Gasteiger partial charge in [-0.2, -0.15) is 0 Å². The average molecular weight is 235 g/mol. The smallest absolute Gasteiger partial charge is 0.0377 e. The molecule has 0 aliphatic rings. The van der Waals surface area contributed by atoms with Gasteiger partial charge in [0.25, 0.3) is 0 Å². The van der Waals surface area contributed by atoms with E-state index < -0.39 is 0 Å². The van der Waals surface area contributed by atoms with Crippen LogP contribution in [0.5, 0.6) is 0 Å². The molecule has 96 valence electrons. The highest BCUT2D eigenvalue weighted by molar-refractivity contribution is 5.44. The molecule has 17 heavy (non-hydrogen) atoms. The van der Waals surface area contributed by atoms with E-state index in [2.05, 4.69) is 24.1 Å². The maximum absolute atomic E-state index is 5.92. The van der Waals surface area contributed by atoms with Gasteiger partial charge in [0, 0.05) is 24.1 Å². The molecule has 1 heterocycles. The van der Waals surface area contributed by atoms with Crippen molar-refractivity contribution >= 4 is 5.69 Å². The molecule has 3 nitrogen and oxygen atoms in total. The first kappa shape index (κ1) is 14.0. The van der Waals surface area contributed by atoms with Crippen LogP contribution in [-0.2, 0) is 6.42 Å². The van der Waals surface area contributed by atoms with Crippen LogP contribution in [0.25, 0.3) is 0 Å². The second-order valence-corrected chi connectivity index (χ2v) is 4.55. The van der Waals surface area contributed by atoms with Crippen molar-refractivity contribution in [1.82, 2.24) is 10.3 Å². The Morgan fingerprint density at radius 1 is 1.29 bits per heavy atom. The fraction of sp³-hybridized carbons (Fsp3) is 0.643. The van der Waals surface area contributed by atoms with E-state index in [1.54, 1.807) is 6.20 Å². The molecular weight excluding hydrogens is 210 g/mol. The van der Waals surface area contributed by atoms with E-state index in [0.29, 0.717) is 6.04 Å². The second kappa shape index (κ2) is 8.07. The van der Waals surface area contributed by atoms with Gasteiger partial charge in [-0.05, 0) is 43.9 Å². The van der Waals surface area contributed by atoms with Crippen molar-refractivity contribution in [3.05, 3.63) is 24.0 Å². The Morgan fingerprint density at radius 3 is 2.76 bits per heavy atom. The van der Waals surface area contributed by atoms with E-state index >= 15 is 0 Å². The number of nitrogens with one attached hydrogen (secondary N) is 1. The molecule has 0 amide bonds. The molecule has 0 saturated heterocycles. The normalized spacial score (nSPS) is 12.6. The first-order valence-corrected chi connectivity index (χ1v) is 6.69. The van der Waals surface area contributed by atoms with Gasteiger partial charge in [-0.25, -0.2) is 0 Å². The summed E-state index contributed by atoms with van der Waals surface area (Å²) in [6.07, 6.45) is 9.44. The molecule has 0 saturated carbocycles. The quantitative estimate of drug-likeness (QED) is 0.728. The van der Waals surface area contributed by atoms with Crippen LogP contribution in [0, 0.1) is 0 Å². The Kier molecular flexibility index (Phi) is 6.63. The van der Waals surface area contributed by atoms with Crippen molar-refractivity contribution in [3.8, 4) is 0 Å². The van der Waals surface area contributed by atoms with Gasteiger partial charge in [0.05, 0.1) is 0 Å². The molecule has 1 rings (SSSR count). The molecule has 1 aromatic heterocycles. The van der Waals surface area contributed by atoms with Crippen molar-refractivity contribution in [3.63, 3.8) is 0 Å². The third kappa shape index (κ3) is 5.18. The zero-order chi connectivity index (χ0) is 12.5. The molecule has 1 aromatic rings. The number of nitrogens with zero attached hydrogens (tertiary/aromatic N) is 1. The Bertz CT molecular complexity index is 312. The first-order valence-electron chi connectivity index (χ1n) is 6.69. The lowest BCUT2D eigenvalue weighted by Crippen LogP contribution is -2.30. The molecule has 1 unspecified atom stereocenters. The summed E-state index contributed by atoms with van der Waals surface area (Å²) in [5.41, 5.74) is 7.96. The summed E-state index contributed by atoms with van der Waals surface area (Å²) in [4.78, 5) is 4.13. The largest absolute Gasteiger partial charge is 0.398 e. The van der Waals surface area contributed by atoms with Crippen LogP contribution in [0.3, 0.4) is 0 Å². The lowest BCUT2D eigenvalue weighted by molar-refractivity contribution is 0.449. The molecule has 0 aliphatic carbocycles. The molecule has 0 aliphatic heterocycles. The number of hydrogen-bond donors (Lipinski definition) is 2. The molecule has 0 spiro atoms. The number of hydrogen-bond acceptors (Lipinski definition) is 3. The number of nitrogens with two attached hydrogens (primary N) is 1. The molecular formula is C14H25N3. The summed E-state index contributed by atoms with van der Waals surface area (Å²) in [7, 11) is 0. The highest BCUT2D eigenvalue weighted by atomic mass is 14.9. The summed E-state index contributed by atoms with van der Waals surface area (Å²) in [6.45, 7) is 5.54. The first-order chi connectivity index (χ1) is 8.27. The summed E-state index contributed by atoms with van der Waals surface area (Å²) >= 11 is 0. The van der Waals surface area contributed by atoms with Crippen molar-refractivity contribution in [2.45, 2.75) is 52.0 Å². The number of aryl methyl sites for hydroxylation is 1. The Labute approximate surface area is 105 Å². The van der Waals surface area contributed by atoms with Crippen LogP contribution >= 0.6 is 0 Å². The lowest BCUT2D eigenvalue weighted by Gasteiger charge is -2.18. The third-order valence-electron chi connectivity index (χ3n) is 3.02. The standard InChI is InChI=1S/C14H25N3/c1-3-5-13(17-9-4-2)7-6-12-11-16-10-8-14(12)15/h8,10-11,13,17H,3-7,9H2,1-2H3,(H2,15,16). The highest BCUT2D eigenvalue weighted by Crippen LogP contribution is 2.13. The predicted octanol–water partition coefficient (Wildman–Crippen LogP) is 2.76. The Balaban J connectivity index is 2.42. The number of aromatic nitrogens is 1. The van der Waals surface area contributed by atoms with Gasteiger partial charge in [-0.15, -0.1) is 0 Å². The molecule has 0 aromatic carbocycles. The van der Waals surface area contributed by atoms with E-state index in [4.69, 9.17) is 5.73 Å². The van der Waals surface area contributed by atoms with Crippen molar-refractivity contribution in [2.75, 3.05) is 12.3 Å². The third-order valence-corrected chi connectivity index (χ3v) is 3.02. The van der Waals surface area contributed by atoms with Crippen LogP contribution < -0.4 is 11.1 Å². The number of rotatable bonds is 8. The maximum Gasteiger partial charge on any atom is 0.0377 e. The van der Waals surface area contributed by atoms with Crippen LogP contribution in [0.4, 0.5) is 5.69 Å². The van der Waals surface area contributed by atoms with Crippen LogP contribution in [0.15, 0.2) is 18.5 Å². The minimum atomic E-state index is 0.611. The van der Waals surface area contributed by atoms with Gasteiger partial charge in [-0.1, -0.05) is 20.3 Å². The zero-order valence-corrected chi connectivity index (χ0v) is 11.1. The van der Waals surface area contributed by atoms with Gasteiger partial charge in [-0.3, -0.25) is 4.98 Å². The van der Waals surface area contributed by atoms with Gasteiger partial charge < -0.3 is 11.1 Å². The summed E-state index contributed by atoms with van der Waals surface area (Å²) < 4.78 is 0. The Hall–Kier alpha value is -1.09. The average Bonchev–Trinajstić information content (AvgIpc) is 2.34. The summed E-state index contributed by atoms with van der Waals surface area (Å²) in [5.74, 6) is 0. The highest BCUT2D eigenvalue weighted by Gasteiger charge is 2.08. The van der Waals surface area contributed by atoms with Gasteiger partial charge in [0.2, 0.25) is 0 Å². The van der Waals surface area contributed by atoms with Crippen LogP contribution in [0.2, 0.25) is 0 Å². The minimum absolute atomic E-state index is 0.611. The Morgan fingerprint density at radius 2 is 2.12 bits per heavy atom. The van der Waals surface area contributed by atoms with Crippen molar-refractivity contribution in [1.29, 1.82) is 0 Å². The minimum Gasteiger partial charge on any atom is -0.398 e. The van der Waals surface area contributed by atoms with E-state index in [-0.39, 0.29) is 0 Å². The van der Waals surface area contributed by atoms with E-state index in [0.717, 1.165) is 25.1 Å². The van der Waals surface area contributed by atoms with Gasteiger partial charge >= 0.3 is 0 Å². The van der Waals surface area contributed by atoms with Crippen LogP contribution in [-0.4, -0.2) is 17.6 Å². The predicted molar refractivity (Wildman–Crippen MR) is 74.0 cm³/mol. The maximum atomic E-state index is 5.92.